The molecule has 0 unspecified atom stereocenters. The first-order chi connectivity index (χ1) is 9.69. The molecule has 0 amide bonds. The fourth-order valence-electron chi connectivity index (χ4n) is 2.08. The van der Waals surface area contributed by atoms with Crippen LogP contribution in [0, 0.1) is 6.92 Å². The van der Waals surface area contributed by atoms with Gasteiger partial charge in [-0.25, -0.2) is 0 Å². The maximum Gasteiger partial charge on any atom is 0.158 e. The van der Waals surface area contributed by atoms with Gasteiger partial charge in [-0.15, -0.1) is 21.6 Å². The minimum Gasteiger partial charge on any atom is -0.507 e. The van der Waals surface area contributed by atoms with Gasteiger partial charge in [0.15, 0.2) is 5.00 Å². The van der Waals surface area contributed by atoms with E-state index < -0.39 is 0 Å². The zero-order valence-corrected chi connectivity index (χ0v) is 12.8. The number of phenolic OH excluding ortho intramolecular Hbond substituents is 1. The normalized spacial score (nSPS) is 11.7. The summed E-state index contributed by atoms with van der Waals surface area (Å²) in [5, 5.41) is 20.4. The third-order valence-corrected chi connectivity index (χ3v) is 4.70. The fourth-order valence-corrected chi connectivity index (χ4v) is 3.55. The van der Waals surface area contributed by atoms with Gasteiger partial charge in [-0.1, -0.05) is 6.92 Å². The Hall–Kier alpha value is -1.79. The van der Waals surface area contributed by atoms with Crippen LogP contribution < -0.4 is 0 Å². The van der Waals surface area contributed by atoms with E-state index in [0.29, 0.717) is 5.75 Å². The summed E-state index contributed by atoms with van der Waals surface area (Å²) in [7, 11) is 0. The van der Waals surface area contributed by atoms with E-state index in [9.17, 15) is 5.11 Å². The van der Waals surface area contributed by atoms with Crippen LogP contribution in [-0.4, -0.2) is 9.48 Å². The summed E-state index contributed by atoms with van der Waals surface area (Å²) in [5.74, 6) is 0.318. The number of phenols is 1. The molecule has 1 N–H and O–H groups in total. The van der Waals surface area contributed by atoms with Crippen molar-refractivity contribution in [3.05, 3.63) is 34.8 Å². The molecule has 0 aliphatic heterocycles. The van der Waals surface area contributed by atoms with E-state index in [4.69, 9.17) is 0 Å². The van der Waals surface area contributed by atoms with Crippen molar-refractivity contribution in [3.8, 4) is 5.75 Å². The molecule has 0 atom stereocenters. The van der Waals surface area contributed by atoms with Gasteiger partial charge in [-0.3, -0.25) is 0 Å². The first kappa shape index (κ1) is 13.2. The zero-order valence-electron chi connectivity index (χ0n) is 11.1. The maximum atomic E-state index is 10.1. The standard InChI is InChI=1S/C14H13N3OS2/c1-3-9-7-11(18)10-6-8(2)19-14(10)13(9)17-16-12-4-5-15-20-12/h4-7,18H,3H2,1-2H3. The Bertz CT molecular complexity index is 775. The molecule has 3 rings (SSSR count). The zero-order chi connectivity index (χ0) is 14.1. The van der Waals surface area contributed by atoms with Gasteiger partial charge < -0.3 is 5.11 Å². The number of nitrogens with zero attached hydrogens (tertiary/aromatic N) is 3. The monoisotopic (exact) mass is 303 g/mol. The predicted octanol–water partition coefficient (Wildman–Crippen LogP) is 5.35. The second-order valence-corrected chi connectivity index (χ2v) is 6.48. The highest BCUT2D eigenvalue weighted by atomic mass is 32.1. The molecule has 6 heteroatoms. The fraction of sp³-hybridized carbons (Fsp3) is 0.214. The summed E-state index contributed by atoms with van der Waals surface area (Å²) in [4.78, 5) is 1.15. The van der Waals surface area contributed by atoms with Crippen LogP contribution in [0.3, 0.4) is 0 Å². The number of azo groups is 1. The van der Waals surface area contributed by atoms with Crippen LogP contribution in [0.5, 0.6) is 5.75 Å². The summed E-state index contributed by atoms with van der Waals surface area (Å²) < 4.78 is 5.00. The SMILES string of the molecule is CCc1cc(O)c2cc(C)sc2c1N=Nc1ccns1. The number of fused-ring (bicyclic) bond motifs is 1. The largest absolute Gasteiger partial charge is 0.507 e. The lowest BCUT2D eigenvalue weighted by Gasteiger charge is -2.05. The molecule has 0 saturated heterocycles. The van der Waals surface area contributed by atoms with E-state index in [1.54, 1.807) is 23.6 Å². The Morgan fingerprint density at radius 3 is 2.85 bits per heavy atom. The lowest BCUT2D eigenvalue weighted by molar-refractivity contribution is 0.481. The first-order valence-corrected chi connectivity index (χ1v) is 7.85. The van der Waals surface area contributed by atoms with E-state index in [1.165, 1.54) is 11.5 Å². The average Bonchev–Trinajstić information content (AvgIpc) is 3.06. The molecule has 3 aromatic rings. The van der Waals surface area contributed by atoms with Gasteiger partial charge in [0.2, 0.25) is 0 Å². The smallest absolute Gasteiger partial charge is 0.158 e. The number of hydrogen-bond donors (Lipinski definition) is 1. The number of aromatic nitrogens is 1. The summed E-state index contributed by atoms with van der Waals surface area (Å²) >= 11 is 2.95. The van der Waals surface area contributed by atoms with Crippen molar-refractivity contribution in [1.82, 2.24) is 4.37 Å². The van der Waals surface area contributed by atoms with Crippen molar-refractivity contribution >= 4 is 43.6 Å². The highest BCUT2D eigenvalue weighted by molar-refractivity contribution is 7.19. The van der Waals surface area contributed by atoms with E-state index in [-0.39, 0.29) is 0 Å². The van der Waals surface area contributed by atoms with Gasteiger partial charge >= 0.3 is 0 Å². The van der Waals surface area contributed by atoms with Crippen LogP contribution in [0.1, 0.15) is 17.4 Å². The van der Waals surface area contributed by atoms with Crippen LogP contribution in [0.4, 0.5) is 10.7 Å². The van der Waals surface area contributed by atoms with Crippen LogP contribution in [0.2, 0.25) is 0 Å². The van der Waals surface area contributed by atoms with Crippen LogP contribution >= 0.6 is 22.9 Å². The molecule has 20 heavy (non-hydrogen) atoms. The van der Waals surface area contributed by atoms with Gasteiger partial charge in [0, 0.05) is 16.5 Å². The van der Waals surface area contributed by atoms with Crippen molar-refractivity contribution in [2.45, 2.75) is 20.3 Å². The lowest BCUT2D eigenvalue weighted by Crippen LogP contribution is -1.82. The highest BCUT2D eigenvalue weighted by Gasteiger charge is 2.13. The highest BCUT2D eigenvalue weighted by Crippen LogP contribution is 2.42. The number of aromatic hydroxyl groups is 1. The van der Waals surface area contributed by atoms with Gasteiger partial charge in [0.05, 0.1) is 4.70 Å². The molecule has 0 bridgehead atoms. The molecule has 0 aliphatic carbocycles. The first-order valence-electron chi connectivity index (χ1n) is 6.26. The van der Waals surface area contributed by atoms with Crippen molar-refractivity contribution in [3.63, 3.8) is 0 Å². The van der Waals surface area contributed by atoms with E-state index >= 15 is 0 Å². The molecule has 0 saturated carbocycles. The van der Waals surface area contributed by atoms with E-state index in [0.717, 1.165) is 37.6 Å². The Morgan fingerprint density at radius 2 is 2.15 bits per heavy atom. The molecule has 0 aliphatic rings. The van der Waals surface area contributed by atoms with Crippen molar-refractivity contribution in [1.29, 1.82) is 0 Å². The minimum atomic E-state index is 0.318. The van der Waals surface area contributed by atoms with E-state index in [2.05, 4.69) is 14.6 Å². The second-order valence-electron chi connectivity index (χ2n) is 4.41. The lowest BCUT2D eigenvalue weighted by atomic mass is 10.1. The molecule has 0 radical (unpaired) electrons. The van der Waals surface area contributed by atoms with Gasteiger partial charge in [0.1, 0.15) is 11.4 Å². The predicted molar refractivity (Wildman–Crippen MR) is 83.9 cm³/mol. The minimum absolute atomic E-state index is 0.318. The molecular weight excluding hydrogens is 290 g/mol. The number of hydrogen-bond acceptors (Lipinski definition) is 6. The third kappa shape index (κ3) is 2.32. The molecule has 4 nitrogen and oxygen atoms in total. The quantitative estimate of drug-likeness (QED) is 0.663. The van der Waals surface area contributed by atoms with Crippen molar-refractivity contribution < 1.29 is 5.11 Å². The third-order valence-electron chi connectivity index (χ3n) is 3.02. The molecule has 0 spiro atoms. The Balaban J connectivity index is 2.19. The van der Waals surface area contributed by atoms with Crippen LogP contribution in [-0.2, 0) is 6.42 Å². The molecular formula is C14H13N3OS2. The van der Waals surface area contributed by atoms with Crippen LogP contribution in [0.15, 0.2) is 34.6 Å². The van der Waals surface area contributed by atoms with Gasteiger partial charge in [0.25, 0.3) is 0 Å². The second kappa shape index (κ2) is 5.30. The number of rotatable bonds is 3. The summed E-state index contributed by atoms with van der Waals surface area (Å²) in [6.07, 6.45) is 2.51. The topological polar surface area (TPSA) is 57.8 Å². The summed E-state index contributed by atoms with van der Waals surface area (Å²) in [6.45, 7) is 4.08. The number of thiophene rings is 1. The Kier molecular flexibility index (Phi) is 3.50. The summed E-state index contributed by atoms with van der Waals surface area (Å²) in [5.41, 5.74) is 1.86. The molecule has 102 valence electrons. The Morgan fingerprint density at radius 1 is 1.30 bits per heavy atom. The van der Waals surface area contributed by atoms with Crippen molar-refractivity contribution in [2.75, 3.05) is 0 Å². The molecule has 1 aromatic carbocycles. The molecule has 2 heterocycles. The summed E-state index contributed by atoms with van der Waals surface area (Å²) in [6, 6.07) is 5.60. The maximum absolute atomic E-state index is 10.1. The molecule has 2 aromatic heterocycles. The Labute approximate surface area is 124 Å². The van der Waals surface area contributed by atoms with Gasteiger partial charge in [-0.05, 0) is 48.6 Å². The van der Waals surface area contributed by atoms with E-state index in [1.807, 2.05) is 26.0 Å². The van der Waals surface area contributed by atoms with Gasteiger partial charge in [-0.2, -0.15) is 4.37 Å². The average molecular weight is 303 g/mol. The molecule has 0 fully saturated rings. The van der Waals surface area contributed by atoms with Crippen LogP contribution in [0.25, 0.3) is 10.1 Å². The number of aryl methyl sites for hydroxylation is 2. The van der Waals surface area contributed by atoms with Crippen molar-refractivity contribution in [2.24, 2.45) is 10.2 Å². The number of benzene rings is 1.